The van der Waals surface area contributed by atoms with Crippen LogP contribution >= 0.6 is 0 Å². The van der Waals surface area contributed by atoms with Gasteiger partial charge in [-0.05, 0) is 118 Å². The van der Waals surface area contributed by atoms with Crippen LogP contribution in [0.25, 0.3) is 0 Å². The molecule has 24 unspecified atom stereocenters. The van der Waals surface area contributed by atoms with Crippen LogP contribution in [0.1, 0.15) is 113 Å². The van der Waals surface area contributed by atoms with E-state index in [4.69, 9.17) is 33.2 Å². The summed E-state index contributed by atoms with van der Waals surface area (Å²) < 4.78 is 42.9. The van der Waals surface area contributed by atoms with Gasteiger partial charge in [-0.15, -0.1) is 0 Å². The number of cyclic esters (lactones) is 1. The molecule has 0 aromatic heterocycles. The lowest BCUT2D eigenvalue weighted by Gasteiger charge is -2.70. The van der Waals surface area contributed by atoms with Crippen LogP contribution in [0.15, 0.2) is 11.6 Å². The Kier molecular flexibility index (Phi) is 13.4. The molecule has 8 rings (SSSR count). The summed E-state index contributed by atoms with van der Waals surface area (Å²) in [6.45, 7) is 16.1. The molecule has 17 nitrogen and oxygen atoms in total. The highest BCUT2D eigenvalue weighted by Crippen LogP contribution is 2.76. The highest BCUT2D eigenvalue weighted by Gasteiger charge is 2.71. The Morgan fingerprint density at radius 3 is 2.06 bits per heavy atom. The molecule has 4 heterocycles. The van der Waals surface area contributed by atoms with Crippen molar-refractivity contribution in [3.05, 3.63) is 11.6 Å². The zero-order chi connectivity index (χ0) is 46.6. The monoisotopic (exact) mass is 913 g/mol. The summed E-state index contributed by atoms with van der Waals surface area (Å²) in [4.78, 5) is 13.4. The molecule has 0 spiro atoms. The summed E-state index contributed by atoms with van der Waals surface area (Å²) in [6, 6.07) is 0. The summed E-state index contributed by atoms with van der Waals surface area (Å²) in [5.41, 5.74) is -1.21. The van der Waals surface area contributed by atoms with Gasteiger partial charge in [0.25, 0.3) is 0 Å². The first-order valence-electron chi connectivity index (χ1n) is 23.8. The van der Waals surface area contributed by atoms with E-state index in [9.17, 15) is 50.8 Å². The second-order valence-corrected chi connectivity index (χ2v) is 22.5. The van der Waals surface area contributed by atoms with Crippen molar-refractivity contribution in [2.75, 3.05) is 13.2 Å². The van der Waals surface area contributed by atoms with Crippen LogP contribution < -0.4 is 0 Å². The summed E-state index contributed by atoms with van der Waals surface area (Å²) in [5, 5.41) is 97.9. The maximum absolute atomic E-state index is 13.4. The van der Waals surface area contributed by atoms with Crippen LogP contribution in [0.5, 0.6) is 0 Å². The van der Waals surface area contributed by atoms with E-state index in [0.717, 1.165) is 50.5 Å². The van der Waals surface area contributed by atoms with Gasteiger partial charge in [0.05, 0.1) is 25.4 Å². The minimum Gasteiger partial charge on any atom is -0.456 e. The summed E-state index contributed by atoms with van der Waals surface area (Å²) in [7, 11) is 0. The zero-order valence-corrected chi connectivity index (χ0v) is 38.7. The minimum atomic E-state index is -1.75. The second kappa shape index (κ2) is 17.5. The molecule has 4 saturated heterocycles. The molecule has 4 aliphatic carbocycles. The number of carbonyl (C=O) groups is 1. The van der Waals surface area contributed by atoms with Gasteiger partial charge < -0.3 is 79.1 Å². The van der Waals surface area contributed by atoms with E-state index in [1.807, 2.05) is 19.9 Å². The normalized spacial score (nSPS) is 54.9. The van der Waals surface area contributed by atoms with Gasteiger partial charge in [0.2, 0.25) is 0 Å². The third kappa shape index (κ3) is 7.76. The lowest BCUT2D eigenvalue weighted by molar-refractivity contribution is -0.395. The number of aliphatic hydroxyl groups excluding tert-OH is 8. The maximum atomic E-state index is 13.4. The summed E-state index contributed by atoms with van der Waals surface area (Å²) in [6.07, 6.45) is -12.9. The van der Waals surface area contributed by atoms with Crippen LogP contribution in [-0.4, -0.2) is 169 Å². The standard InChI is InChI=1S/C47H76O17/c1-21(2)17-23-18-47(57,42(56)60-23)25-11-15-45(7)24(25)9-10-29-44(6)14-13-30(43(4,5)28(44)12-16-46(29,45)8)62-41-38(64-40-36(55)34(53)31(50)22(3)59-40)37(33(52)27(19-48)61-41)63-39-35(54)32(51)26(49)20-58-39/h17,22-41,48-55,57H,9-16,18-20H2,1-8H3. The quantitative estimate of drug-likeness (QED) is 0.0894. The van der Waals surface area contributed by atoms with E-state index >= 15 is 0 Å². The summed E-state index contributed by atoms with van der Waals surface area (Å²) in [5.74, 6) is 0.0297. The SMILES string of the molecule is CC(C)=CC1CC(O)(C2CCC3(C)C2CCC2C4(C)CCC(OC5OC(CO)C(O)C(OC6OCC(O)C(O)C6O)C5OC5OC(C)C(O)C(O)C5O)C(C)(C)C4CCC23C)C(=O)O1. The predicted octanol–water partition coefficient (Wildman–Crippen LogP) is 1.18. The van der Waals surface area contributed by atoms with Gasteiger partial charge >= 0.3 is 5.97 Å². The Labute approximate surface area is 376 Å². The van der Waals surface area contributed by atoms with Gasteiger partial charge in [0.1, 0.15) is 67.1 Å². The molecule has 366 valence electrons. The fourth-order valence-electron chi connectivity index (χ4n) is 14.9. The molecule has 24 atom stereocenters. The van der Waals surface area contributed by atoms with E-state index in [2.05, 4.69) is 34.6 Å². The molecule has 0 aromatic carbocycles. The third-order valence-electron chi connectivity index (χ3n) is 18.5. The highest BCUT2D eigenvalue weighted by molar-refractivity contribution is 5.82. The van der Waals surface area contributed by atoms with E-state index in [1.165, 1.54) is 6.92 Å². The fourth-order valence-corrected chi connectivity index (χ4v) is 14.9. The number of fused-ring (bicyclic) bond motifs is 5. The largest absolute Gasteiger partial charge is 0.456 e. The number of allylic oxidation sites excluding steroid dienone is 1. The lowest BCUT2D eigenvalue weighted by Crippen LogP contribution is -2.67. The molecular weight excluding hydrogens is 836 g/mol. The molecule has 0 amide bonds. The topological polar surface area (TPSA) is 264 Å². The molecule has 17 heteroatoms. The van der Waals surface area contributed by atoms with Crippen molar-refractivity contribution in [3.63, 3.8) is 0 Å². The first kappa shape index (κ1) is 49.0. The molecule has 0 bridgehead atoms. The third-order valence-corrected chi connectivity index (χ3v) is 18.5. The highest BCUT2D eigenvalue weighted by atomic mass is 16.8. The molecule has 0 aromatic rings. The van der Waals surface area contributed by atoms with Crippen molar-refractivity contribution < 1.29 is 83.9 Å². The zero-order valence-electron chi connectivity index (χ0n) is 38.7. The number of hydrogen-bond acceptors (Lipinski definition) is 17. The number of carbonyl (C=O) groups excluding carboxylic acids is 1. The molecule has 0 radical (unpaired) electrons. The summed E-state index contributed by atoms with van der Waals surface area (Å²) >= 11 is 0. The minimum absolute atomic E-state index is 0.0657. The van der Waals surface area contributed by atoms with Gasteiger partial charge in [0.15, 0.2) is 24.5 Å². The predicted molar refractivity (Wildman–Crippen MR) is 224 cm³/mol. The molecule has 8 aliphatic rings. The van der Waals surface area contributed by atoms with Gasteiger partial charge in [0, 0.05) is 12.3 Å². The number of rotatable bonds is 9. The van der Waals surface area contributed by atoms with E-state index in [0.29, 0.717) is 12.3 Å². The number of hydrogen-bond donors (Lipinski definition) is 9. The molecule has 4 saturated carbocycles. The van der Waals surface area contributed by atoms with Crippen molar-refractivity contribution in [2.24, 2.45) is 45.3 Å². The van der Waals surface area contributed by atoms with Gasteiger partial charge in [-0.25, -0.2) is 4.79 Å². The van der Waals surface area contributed by atoms with Crippen molar-refractivity contribution in [2.45, 2.75) is 217 Å². The average molecular weight is 913 g/mol. The first-order valence-corrected chi connectivity index (χ1v) is 23.8. The Bertz CT molecular complexity index is 1730. The van der Waals surface area contributed by atoms with E-state index < -0.39 is 128 Å². The lowest BCUT2D eigenvalue weighted by atomic mass is 9.35. The fraction of sp³-hybridized carbons (Fsp3) is 0.936. The van der Waals surface area contributed by atoms with Crippen molar-refractivity contribution in [1.82, 2.24) is 0 Å². The molecule has 64 heavy (non-hydrogen) atoms. The van der Waals surface area contributed by atoms with Crippen LogP contribution in [0.3, 0.4) is 0 Å². The molecule has 9 N–H and O–H groups in total. The van der Waals surface area contributed by atoms with Crippen molar-refractivity contribution in [3.8, 4) is 0 Å². The Balaban J connectivity index is 1.05. The molecule has 4 aliphatic heterocycles. The van der Waals surface area contributed by atoms with E-state index in [-0.39, 0.29) is 40.4 Å². The van der Waals surface area contributed by atoms with Gasteiger partial charge in [-0.2, -0.15) is 0 Å². The van der Waals surface area contributed by atoms with Crippen LogP contribution in [0.4, 0.5) is 0 Å². The number of ether oxygens (including phenoxy) is 7. The number of aliphatic hydroxyl groups is 9. The van der Waals surface area contributed by atoms with E-state index in [1.54, 1.807) is 0 Å². The van der Waals surface area contributed by atoms with Crippen LogP contribution in [0.2, 0.25) is 0 Å². The Hall–Kier alpha value is -1.39. The van der Waals surface area contributed by atoms with Crippen molar-refractivity contribution >= 4 is 5.97 Å². The molecular formula is C47H76O17. The van der Waals surface area contributed by atoms with Gasteiger partial charge in [-0.1, -0.05) is 40.2 Å². The maximum Gasteiger partial charge on any atom is 0.339 e. The Morgan fingerprint density at radius 1 is 0.703 bits per heavy atom. The van der Waals surface area contributed by atoms with Crippen LogP contribution in [0, 0.1) is 45.3 Å². The first-order chi connectivity index (χ1) is 29.9. The van der Waals surface area contributed by atoms with Crippen LogP contribution in [-0.2, 0) is 38.0 Å². The number of esters is 1. The second-order valence-electron chi connectivity index (χ2n) is 22.5. The van der Waals surface area contributed by atoms with Crippen molar-refractivity contribution in [1.29, 1.82) is 0 Å². The smallest absolute Gasteiger partial charge is 0.339 e. The van der Waals surface area contributed by atoms with Gasteiger partial charge in [-0.3, -0.25) is 0 Å². The Morgan fingerprint density at radius 2 is 1.38 bits per heavy atom. The average Bonchev–Trinajstić information content (AvgIpc) is 3.74. The molecule has 8 fully saturated rings.